The highest BCUT2D eigenvalue weighted by molar-refractivity contribution is 7.99. The van der Waals surface area contributed by atoms with E-state index in [9.17, 15) is 9.59 Å². The second-order valence-electron chi connectivity index (χ2n) is 5.73. The van der Waals surface area contributed by atoms with E-state index in [-0.39, 0.29) is 18.5 Å². The van der Waals surface area contributed by atoms with Crippen molar-refractivity contribution in [2.24, 2.45) is 11.7 Å². The summed E-state index contributed by atoms with van der Waals surface area (Å²) in [4.78, 5) is 25.5. The van der Waals surface area contributed by atoms with Crippen molar-refractivity contribution in [1.29, 1.82) is 0 Å². The molecule has 0 aliphatic carbocycles. The van der Waals surface area contributed by atoms with E-state index >= 15 is 0 Å². The van der Waals surface area contributed by atoms with Gasteiger partial charge in [0.2, 0.25) is 11.8 Å². The Morgan fingerprint density at radius 2 is 1.80 bits per heavy atom. The molecule has 0 unspecified atom stereocenters. The van der Waals surface area contributed by atoms with Crippen molar-refractivity contribution in [2.75, 3.05) is 31.1 Å². The normalized spacial score (nSPS) is 21.6. The van der Waals surface area contributed by atoms with Crippen LogP contribution in [0.2, 0.25) is 0 Å². The van der Waals surface area contributed by atoms with Crippen LogP contribution in [0.25, 0.3) is 0 Å². The molecular formula is C14H25N3O2S. The average Bonchev–Trinajstić information content (AvgIpc) is 2.46. The average molecular weight is 299 g/mol. The molecule has 0 aromatic carbocycles. The van der Waals surface area contributed by atoms with E-state index in [1.54, 1.807) is 4.90 Å². The Kier molecular flexibility index (Phi) is 6.16. The maximum Gasteiger partial charge on any atom is 0.237 e. The lowest BCUT2D eigenvalue weighted by atomic mass is 9.96. The van der Waals surface area contributed by atoms with E-state index in [4.69, 9.17) is 5.73 Å². The lowest BCUT2D eigenvalue weighted by Gasteiger charge is -2.35. The van der Waals surface area contributed by atoms with Crippen LogP contribution >= 0.6 is 11.8 Å². The van der Waals surface area contributed by atoms with E-state index in [1.807, 2.05) is 11.8 Å². The van der Waals surface area contributed by atoms with Gasteiger partial charge in [-0.3, -0.25) is 9.59 Å². The third kappa shape index (κ3) is 4.66. The summed E-state index contributed by atoms with van der Waals surface area (Å²) >= 11 is 1.97. The molecule has 2 heterocycles. The minimum Gasteiger partial charge on any atom is -0.368 e. The molecule has 2 saturated heterocycles. The van der Waals surface area contributed by atoms with Crippen molar-refractivity contribution in [3.63, 3.8) is 0 Å². The summed E-state index contributed by atoms with van der Waals surface area (Å²) in [5.74, 6) is 2.51. The van der Waals surface area contributed by atoms with Gasteiger partial charge in [0, 0.05) is 12.5 Å². The molecule has 3 N–H and O–H groups in total. The topological polar surface area (TPSA) is 75.4 Å². The highest BCUT2D eigenvalue weighted by Gasteiger charge is 2.28. The Balaban J connectivity index is 1.93. The van der Waals surface area contributed by atoms with Gasteiger partial charge < -0.3 is 16.0 Å². The molecule has 0 bridgehead atoms. The maximum absolute atomic E-state index is 12.5. The highest BCUT2D eigenvalue weighted by Crippen LogP contribution is 2.26. The van der Waals surface area contributed by atoms with Crippen LogP contribution < -0.4 is 11.1 Å². The summed E-state index contributed by atoms with van der Waals surface area (Å²) in [6, 6.07) is 0.175. The quantitative estimate of drug-likeness (QED) is 0.779. The van der Waals surface area contributed by atoms with Crippen LogP contribution in [-0.2, 0) is 9.59 Å². The zero-order valence-corrected chi connectivity index (χ0v) is 12.8. The van der Waals surface area contributed by atoms with Gasteiger partial charge >= 0.3 is 0 Å². The van der Waals surface area contributed by atoms with Gasteiger partial charge in [-0.05, 0) is 56.2 Å². The maximum atomic E-state index is 12.5. The van der Waals surface area contributed by atoms with E-state index < -0.39 is 5.91 Å². The van der Waals surface area contributed by atoms with E-state index in [0.29, 0.717) is 12.3 Å². The van der Waals surface area contributed by atoms with Gasteiger partial charge in [-0.15, -0.1) is 0 Å². The first-order valence-corrected chi connectivity index (χ1v) is 8.68. The highest BCUT2D eigenvalue weighted by atomic mass is 32.2. The smallest absolute Gasteiger partial charge is 0.237 e. The number of nitrogens with zero attached hydrogens (tertiary/aromatic N) is 1. The van der Waals surface area contributed by atoms with Crippen LogP contribution in [0.5, 0.6) is 0 Å². The van der Waals surface area contributed by atoms with Crippen molar-refractivity contribution in [3.8, 4) is 0 Å². The lowest BCUT2D eigenvalue weighted by molar-refractivity contribution is -0.139. The fraction of sp³-hybridized carbons (Fsp3) is 0.857. The van der Waals surface area contributed by atoms with Crippen LogP contribution in [0.3, 0.4) is 0 Å². The Morgan fingerprint density at radius 3 is 2.40 bits per heavy atom. The number of thioether (sulfide) groups is 1. The predicted molar refractivity (Wildman–Crippen MR) is 81.5 cm³/mol. The summed E-state index contributed by atoms with van der Waals surface area (Å²) in [5, 5.41) is 3.29. The molecule has 0 aromatic heterocycles. The fourth-order valence-corrected chi connectivity index (χ4v) is 4.23. The van der Waals surface area contributed by atoms with Crippen molar-refractivity contribution in [3.05, 3.63) is 0 Å². The fourth-order valence-electron chi connectivity index (χ4n) is 3.02. The van der Waals surface area contributed by atoms with Gasteiger partial charge in [-0.2, -0.15) is 11.8 Å². The van der Waals surface area contributed by atoms with E-state index in [0.717, 1.165) is 50.3 Å². The minimum atomic E-state index is -0.406. The number of carbonyl (C=O) groups is 2. The molecule has 0 spiro atoms. The van der Waals surface area contributed by atoms with Gasteiger partial charge in [0.25, 0.3) is 0 Å². The number of primary amides is 1. The molecule has 0 saturated carbocycles. The Hall–Kier alpha value is -0.750. The molecule has 114 valence electrons. The summed E-state index contributed by atoms with van der Waals surface area (Å²) in [5.41, 5.74) is 5.32. The molecule has 0 radical (unpaired) electrons. The molecule has 2 aliphatic rings. The number of amides is 2. The van der Waals surface area contributed by atoms with Crippen LogP contribution in [0.15, 0.2) is 0 Å². The van der Waals surface area contributed by atoms with Crippen LogP contribution in [0.4, 0.5) is 0 Å². The largest absolute Gasteiger partial charge is 0.368 e. The number of nitrogens with one attached hydrogen (secondary N) is 1. The van der Waals surface area contributed by atoms with Crippen molar-refractivity contribution in [2.45, 2.75) is 38.1 Å². The zero-order valence-electron chi connectivity index (χ0n) is 12.0. The number of rotatable bonds is 5. The van der Waals surface area contributed by atoms with E-state index in [2.05, 4.69) is 5.32 Å². The van der Waals surface area contributed by atoms with Crippen LogP contribution in [0, 0.1) is 5.92 Å². The molecule has 20 heavy (non-hydrogen) atoms. The van der Waals surface area contributed by atoms with E-state index in [1.165, 1.54) is 0 Å². The third-order valence-corrected chi connectivity index (χ3v) is 5.25. The van der Waals surface area contributed by atoms with Crippen molar-refractivity contribution < 1.29 is 9.59 Å². The first-order chi connectivity index (χ1) is 9.66. The second-order valence-corrected chi connectivity index (χ2v) is 6.95. The number of hydrogen-bond donors (Lipinski definition) is 2. The number of piperidine rings is 1. The first-order valence-electron chi connectivity index (χ1n) is 7.53. The van der Waals surface area contributed by atoms with Crippen molar-refractivity contribution in [1.82, 2.24) is 10.2 Å². The molecule has 2 amide bonds. The summed E-state index contributed by atoms with van der Waals surface area (Å²) in [7, 11) is 0. The summed E-state index contributed by atoms with van der Waals surface area (Å²) in [6.45, 7) is 1.89. The molecule has 0 aromatic rings. The van der Waals surface area contributed by atoms with Gasteiger partial charge in [-0.1, -0.05) is 0 Å². The molecule has 5 nitrogen and oxygen atoms in total. The molecule has 6 heteroatoms. The number of hydrogen-bond acceptors (Lipinski definition) is 4. The Morgan fingerprint density at radius 1 is 1.15 bits per heavy atom. The number of carbonyl (C=O) groups excluding carboxylic acids is 2. The SMILES string of the molecule is NC(=O)CN(C(=O)CC1CCSCC1)C1CCNCC1. The first kappa shape index (κ1) is 15.6. The molecule has 2 aliphatic heterocycles. The summed E-state index contributed by atoms with van der Waals surface area (Å²) in [6.07, 6.45) is 4.65. The standard InChI is InChI=1S/C14H25N3O2S/c15-13(18)10-17(12-1-5-16-6-2-12)14(19)9-11-3-7-20-8-4-11/h11-12,16H,1-10H2,(H2,15,18). The zero-order chi connectivity index (χ0) is 14.4. The van der Waals surface area contributed by atoms with Gasteiger partial charge in [-0.25, -0.2) is 0 Å². The van der Waals surface area contributed by atoms with Crippen molar-refractivity contribution >= 4 is 23.6 Å². The van der Waals surface area contributed by atoms with Gasteiger partial charge in [0.05, 0.1) is 6.54 Å². The Bertz CT molecular complexity index is 339. The van der Waals surface area contributed by atoms with Gasteiger partial charge in [0.15, 0.2) is 0 Å². The molecule has 0 atom stereocenters. The van der Waals surface area contributed by atoms with Gasteiger partial charge in [0.1, 0.15) is 0 Å². The van der Waals surface area contributed by atoms with Crippen LogP contribution in [-0.4, -0.2) is 53.9 Å². The molecule has 2 fully saturated rings. The summed E-state index contributed by atoms with van der Waals surface area (Å²) < 4.78 is 0. The van der Waals surface area contributed by atoms with Crippen LogP contribution in [0.1, 0.15) is 32.1 Å². The number of nitrogens with two attached hydrogens (primary N) is 1. The monoisotopic (exact) mass is 299 g/mol. The second kappa shape index (κ2) is 7.88. The third-order valence-electron chi connectivity index (χ3n) is 4.20. The Labute approximate surface area is 125 Å². The minimum absolute atomic E-state index is 0.0744. The lowest BCUT2D eigenvalue weighted by Crippen LogP contribution is -2.49. The molecule has 2 rings (SSSR count). The molecular weight excluding hydrogens is 274 g/mol. The predicted octanol–water partition coefficient (Wildman–Crippen LogP) is 0.586.